The van der Waals surface area contributed by atoms with E-state index in [1.165, 1.54) is 0 Å². The van der Waals surface area contributed by atoms with Crippen LogP contribution in [0.4, 0.5) is 5.95 Å². The molecule has 6 nitrogen and oxygen atoms in total. The summed E-state index contributed by atoms with van der Waals surface area (Å²) in [5, 5.41) is 3.21. The minimum absolute atomic E-state index is 0.0684. The highest BCUT2D eigenvalue weighted by Gasteiger charge is 2.36. The predicted molar refractivity (Wildman–Crippen MR) is 64.9 cm³/mol. The molecule has 6 heteroatoms. The van der Waals surface area contributed by atoms with Gasteiger partial charge in [0.25, 0.3) is 0 Å². The Morgan fingerprint density at radius 3 is 2.83 bits per heavy atom. The lowest BCUT2D eigenvalue weighted by molar-refractivity contribution is -0.139. The molecule has 1 aromatic rings. The van der Waals surface area contributed by atoms with Crippen LogP contribution in [0.15, 0.2) is 18.5 Å². The lowest BCUT2D eigenvalue weighted by atomic mass is 10.0. The van der Waals surface area contributed by atoms with Crippen molar-refractivity contribution in [2.75, 3.05) is 31.6 Å². The summed E-state index contributed by atoms with van der Waals surface area (Å²) >= 11 is 0. The van der Waals surface area contributed by atoms with Crippen molar-refractivity contribution in [3.05, 3.63) is 18.5 Å². The van der Waals surface area contributed by atoms with Crippen molar-refractivity contribution in [2.45, 2.75) is 12.5 Å². The average Bonchev–Trinajstić information content (AvgIpc) is 2.87. The summed E-state index contributed by atoms with van der Waals surface area (Å²) in [6.07, 6.45) is 4.26. The van der Waals surface area contributed by atoms with E-state index in [0.717, 1.165) is 19.5 Å². The second-order valence-corrected chi connectivity index (χ2v) is 4.72. The SMILES string of the molecule is O=C([C@H]1CCOC1)N1CC(Nc2ncccn2)C1. The standard InChI is InChI=1S/C12H16N4O2/c17-11(9-2-5-18-8-9)16-6-10(7-16)15-12-13-3-1-4-14-12/h1,3-4,9-10H,2,5-8H2,(H,13,14,15)/t9-/m0/s1. The number of ether oxygens (including phenoxy) is 1. The summed E-state index contributed by atoms with van der Waals surface area (Å²) in [6, 6.07) is 2.04. The Morgan fingerprint density at radius 2 is 2.17 bits per heavy atom. The molecule has 0 saturated carbocycles. The number of carbonyl (C=O) groups is 1. The fraction of sp³-hybridized carbons (Fsp3) is 0.583. The highest BCUT2D eigenvalue weighted by molar-refractivity contribution is 5.80. The smallest absolute Gasteiger partial charge is 0.228 e. The van der Waals surface area contributed by atoms with Crippen molar-refractivity contribution in [1.29, 1.82) is 0 Å². The molecule has 0 aliphatic carbocycles. The number of aromatic nitrogens is 2. The van der Waals surface area contributed by atoms with E-state index < -0.39 is 0 Å². The number of anilines is 1. The van der Waals surface area contributed by atoms with Crippen molar-refractivity contribution >= 4 is 11.9 Å². The minimum atomic E-state index is 0.0684. The first-order chi connectivity index (χ1) is 8.83. The van der Waals surface area contributed by atoms with Crippen LogP contribution >= 0.6 is 0 Å². The molecular weight excluding hydrogens is 232 g/mol. The number of hydrogen-bond donors (Lipinski definition) is 1. The second-order valence-electron chi connectivity index (χ2n) is 4.72. The average molecular weight is 248 g/mol. The van der Waals surface area contributed by atoms with Gasteiger partial charge in [0, 0.05) is 32.1 Å². The second kappa shape index (κ2) is 4.89. The van der Waals surface area contributed by atoms with Gasteiger partial charge in [-0.3, -0.25) is 4.79 Å². The van der Waals surface area contributed by atoms with Gasteiger partial charge in [0.2, 0.25) is 11.9 Å². The first kappa shape index (κ1) is 11.4. The molecule has 2 saturated heterocycles. The van der Waals surface area contributed by atoms with Crippen LogP contribution in [0.1, 0.15) is 6.42 Å². The topological polar surface area (TPSA) is 67.3 Å². The van der Waals surface area contributed by atoms with E-state index >= 15 is 0 Å². The monoisotopic (exact) mass is 248 g/mol. The molecular formula is C12H16N4O2. The third kappa shape index (κ3) is 2.28. The molecule has 0 bridgehead atoms. The molecule has 18 heavy (non-hydrogen) atoms. The van der Waals surface area contributed by atoms with Crippen molar-refractivity contribution < 1.29 is 9.53 Å². The number of hydrogen-bond acceptors (Lipinski definition) is 5. The zero-order chi connectivity index (χ0) is 12.4. The number of amides is 1. The highest BCUT2D eigenvalue weighted by Crippen LogP contribution is 2.20. The number of nitrogens with one attached hydrogen (secondary N) is 1. The maximum absolute atomic E-state index is 12.0. The van der Waals surface area contributed by atoms with Crippen molar-refractivity contribution in [1.82, 2.24) is 14.9 Å². The van der Waals surface area contributed by atoms with Crippen molar-refractivity contribution in [3.8, 4) is 0 Å². The highest BCUT2D eigenvalue weighted by atomic mass is 16.5. The van der Waals surface area contributed by atoms with Gasteiger partial charge in [0.1, 0.15) is 0 Å². The van der Waals surface area contributed by atoms with Crippen LogP contribution in [0.2, 0.25) is 0 Å². The van der Waals surface area contributed by atoms with Crippen LogP contribution in [0, 0.1) is 5.92 Å². The molecule has 0 aromatic carbocycles. The molecule has 1 aromatic heterocycles. The van der Waals surface area contributed by atoms with Gasteiger partial charge in [-0.1, -0.05) is 0 Å². The summed E-state index contributed by atoms with van der Waals surface area (Å²) in [6.45, 7) is 2.75. The summed E-state index contributed by atoms with van der Waals surface area (Å²) in [5.41, 5.74) is 0. The Bertz CT molecular complexity index is 413. The molecule has 96 valence electrons. The molecule has 0 unspecified atom stereocenters. The molecule has 2 aliphatic rings. The number of carbonyl (C=O) groups excluding carboxylic acids is 1. The summed E-state index contributed by atoms with van der Waals surface area (Å²) in [5.74, 6) is 0.914. The van der Waals surface area contributed by atoms with E-state index in [0.29, 0.717) is 19.2 Å². The summed E-state index contributed by atoms with van der Waals surface area (Å²) < 4.78 is 5.24. The van der Waals surface area contributed by atoms with Gasteiger partial charge < -0.3 is 15.0 Å². The number of likely N-dealkylation sites (tertiary alicyclic amines) is 1. The van der Waals surface area contributed by atoms with Gasteiger partial charge >= 0.3 is 0 Å². The van der Waals surface area contributed by atoms with Crippen molar-refractivity contribution in [3.63, 3.8) is 0 Å². The van der Waals surface area contributed by atoms with Crippen LogP contribution in [-0.2, 0) is 9.53 Å². The maximum Gasteiger partial charge on any atom is 0.228 e. The Kier molecular flexibility index (Phi) is 3.10. The molecule has 3 heterocycles. The molecule has 2 aliphatic heterocycles. The zero-order valence-corrected chi connectivity index (χ0v) is 10.1. The fourth-order valence-electron chi connectivity index (χ4n) is 2.29. The number of rotatable bonds is 3. The largest absolute Gasteiger partial charge is 0.381 e. The van der Waals surface area contributed by atoms with Gasteiger partial charge in [-0.05, 0) is 12.5 Å². The van der Waals surface area contributed by atoms with E-state index in [4.69, 9.17) is 4.74 Å². The van der Waals surface area contributed by atoms with Crippen LogP contribution in [0.5, 0.6) is 0 Å². The van der Waals surface area contributed by atoms with Crippen LogP contribution in [0.25, 0.3) is 0 Å². The normalized spacial score (nSPS) is 23.8. The van der Waals surface area contributed by atoms with Crippen molar-refractivity contribution in [2.24, 2.45) is 5.92 Å². The van der Waals surface area contributed by atoms with Gasteiger partial charge in [-0.2, -0.15) is 0 Å². The first-order valence-corrected chi connectivity index (χ1v) is 6.23. The molecule has 0 spiro atoms. The first-order valence-electron chi connectivity index (χ1n) is 6.23. The molecule has 1 amide bonds. The zero-order valence-electron chi connectivity index (χ0n) is 10.1. The van der Waals surface area contributed by atoms with E-state index in [1.54, 1.807) is 18.5 Å². The third-order valence-electron chi connectivity index (χ3n) is 3.37. The van der Waals surface area contributed by atoms with Gasteiger partial charge in [0.05, 0.1) is 18.6 Å². The Labute approximate surface area is 105 Å². The van der Waals surface area contributed by atoms with E-state index in [9.17, 15) is 4.79 Å². The van der Waals surface area contributed by atoms with Crippen LogP contribution in [0.3, 0.4) is 0 Å². The Morgan fingerprint density at radius 1 is 1.39 bits per heavy atom. The predicted octanol–water partition coefficient (Wildman–Crippen LogP) is 0.136. The van der Waals surface area contributed by atoms with E-state index in [1.807, 2.05) is 4.90 Å². The molecule has 0 radical (unpaired) electrons. The fourth-order valence-corrected chi connectivity index (χ4v) is 2.29. The quantitative estimate of drug-likeness (QED) is 0.824. The Hall–Kier alpha value is -1.69. The lowest BCUT2D eigenvalue weighted by Crippen LogP contribution is -2.58. The summed E-state index contributed by atoms with van der Waals surface area (Å²) in [4.78, 5) is 22.1. The Balaban J connectivity index is 1.47. The number of nitrogens with zero attached hydrogens (tertiary/aromatic N) is 3. The molecule has 2 fully saturated rings. The van der Waals surface area contributed by atoms with Crippen LogP contribution in [-0.4, -0.2) is 53.1 Å². The van der Waals surface area contributed by atoms with Gasteiger partial charge in [-0.25, -0.2) is 9.97 Å². The van der Waals surface area contributed by atoms with Gasteiger partial charge in [0.15, 0.2) is 0 Å². The third-order valence-corrected chi connectivity index (χ3v) is 3.37. The maximum atomic E-state index is 12.0. The van der Waals surface area contributed by atoms with E-state index in [2.05, 4.69) is 15.3 Å². The molecule has 1 atom stereocenters. The minimum Gasteiger partial charge on any atom is -0.381 e. The lowest BCUT2D eigenvalue weighted by Gasteiger charge is -2.40. The molecule has 3 rings (SSSR count). The molecule has 1 N–H and O–H groups in total. The van der Waals surface area contributed by atoms with E-state index in [-0.39, 0.29) is 17.9 Å². The van der Waals surface area contributed by atoms with Crippen LogP contribution < -0.4 is 5.32 Å². The van der Waals surface area contributed by atoms with Gasteiger partial charge in [-0.15, -0.1) is 0 Å². The summed E-state index contributed by atoms with van der Waals surface area (Å²) in [7, 11) is 0.